The molecule has 0 fully saturated rings. The number of para-hydroxylation sites is 2. The number of carbonyl (C=O) groups excluding carboxylic acids is 3. The van der Waals surface area contributed by atoms with Crippen molar-refractivity contribution >= 4 is 34.8 Å². The summed E-state index contributed by atoms with van der Waals surface area (Å²) in [5.74, 6) is -0.0158. The molecule has 8 nitrogen and oxygen atoms in total. The average Bonchev–Trinajstić information content (AvgIpc) is 2.71. The fourth-order valence-electron chi connectivity index (χ4n) is 3.19. The number of amides is 3. The zero-order valence-corrected chi connectivity index (χ0v) is 16.7. The highest BCUT2D eigenvalue weighted by molar-refractivity contribution is 6.10. The van der Waals surface area contributed by atoms with E-state index in [1.807, 2.05) is 6.07 Å². The first-order valence-corrected chi connectivity index (χ1v) is 9.35. The third-order valence-corrected chi connectivity index (χ3v) is 4.94. The molecule has 8 heteroatoms. The number of anilines is 3. The Kier molecular flexibility index (Phi) is 6.13. The molecule has 2 atom stereocenters. The quantitative estimate of drug-likeness (QED) is 0.663. The summed E-state index contributed by atoms with van der Waals surface area (Å²) in [6.45, 7) is 1.82. The molecule has 29 heavy (non-hydrogen) atoms. The Morgan fingerprint density at radius 2 is 2.00 bits per heavy atom. The predicted octanol–water partition coefficient (Wildman–Crippen LogP) is 0.522. The molecule has 1 aliphatic rings. The van der Waals surface area contributed by atoms with Gasteiger partial charge in [-0.25, -0.2) is 0 Å². The van der Waals surface area contributed by atoms with Gasteiger partial charge in [0.2, 0.25) is 5.91 Å². The topological polar surface area (TPSA) is 92.2 Å². The van der Waals surface area contributed by atoms with Gasteiger partial charge in [-0.3, -0.25) is 19.3 Å². The number of quaternary nitrogens is 1. The van der Waals surface area contributed by atoms with E-state index in [-0.39, 0.29) is 30.8 Å². The van der Waals surface area contributed by atoms with E-state index in [9.17, 15) is 14.4 Å². The molecule has 1 aliphatic heterocycles. The van der Waals surface area contributed by atoms with E-state index in [0.29, 0.717) is 22.8 Å². The zero-order valence-electron chi connectivity index (χ0n) is 16.7. The number of methoxy groups -OCH3 is 1. The van der Waals surface area contributed by atoms with Crippen LogP contribution in [0.1, 0.15) is 6.92 Å². The summed E-state index contributed by atoms with van der Waals surface area (Å²) in [6.07, 6.45) is 0. The van der Waals surface area contributed by atoms with Crippen LogP contribution in [0.15, 0.2) is 48.5 Å². The molecule has 152 valence electrons. The molecule has 0 aromatic heterocycles. The van der Waals surface area contributed by atoms with Gasteiger partial charge < -0.3 is 20.3 Å². The molecule has 0 saturated carbocycles. The molecule has 2 aromatic rings. The van der Waals surface area contributed by atoms with Crippen LogP contribution in [-0.2, 0) is 14.4 Å². The number of hydrogen-bond donors (Lipinski definition) is 3. The lowest BCUT2D eigenvalue weighted by Gasteiger charge is -2.32. The number of benzene rings is 2. The molecule has 0 saturated heterocycles. The van der Waals surface area contributed by atoms with E-state index >= 15 is 0 Å². The molecule has 0 bridgehead atoms. The molecular weight excluding hydrogens is 372 g/mol. The summed E-state index contributed by atoms with van der Waals surface area (Å²) in [6, 6.07) is 13.7. The van der Waals surface area contributed by atoms with E-state index in [1.165, 1.54) is 4.90 Å². The Hall–Kier alpha value is -3.39. The van der Waals surface area contributed by atoms with E-state index in [0.717, 1.165) is 4.90 Å². The van der Waals surface area contributed by atoms with Gasteiger partial charge in [-0.15, -0.1) is 0 Å². The Balaban J connectivity index is 1.65. The van der Waals surface area contributed by atoms with Crippen molar-refractivity contribution in [1.29, 1.82) is 0 Å². The molecule has 1 unspecified atom stereocenters. The maximum Gasteiger partial charge on any atom is 0.285 e. The number of fused-ring (bicyclic) bond motifs is 1. The molecule has 0 aliphatic carbocycles. The van der Waals surface area contributed by atoms with E-state index in [4.69, 9.17) is 4.74 Å². The molecule has 2 aromatic carbocycles. The molecule has 3 N–H and O–H groups in total. The lowest BCUT2D eigenvalue weighted by molar-refractivity contribution is -0.885. The lowest BCUT2D eigenvalue weighted by Crippen LogP contribution is -3.15. The minimum absolute atomic E-state index is 0.0382. The van der Waals surface area contributed by atoms with Crippen molar-refractivity contribution in [3.63, 3.8) is 0 Å². The number of nitrogens with zero attached hydrogens (tertiary/aromatic N) is 1. The Bertz CT molecular complexity index is 930. The number of ether oxygens (including phenoxy) is 1. The Morgan fingerprint density at radius 1 is 1.24 bits per heavy atom. The molecule has 0 radical (unpaired) electrons. The Labute approximate surface area is 169 Å². The van der Waals surface area contributed by atoms with Gasteiger partial charge in [0.25, 0.3) is 11.8 Å². The fourth-order valence-corrected chi connectivity index (χ4v) is 3.19. The largest absolute Gasteiger partial charge is 0.497 e. The number of carbonyl (C=O) groups is 3. The molecule has 3 amide bonds. The number of nitrogens with one attached hydrogen (secondary N) is 3. The third kappa shape index (κ3) is 4.72. The number of rotatable bonds is 6. The summed E-state index contributed by atoms with van der Waals surface area (Å²) in [5, 5.41) is 5.58. The minimum Gasteiger partial charge on any atom is -0.497 e. The summed E-state index contributed by atoms with van der Waals surface area (Å²) in [7, 11) is 3.34. The van der Waals surface area contributed by atoms with Crippen LogP contribution < -0.4 is 25.2 Å². The molecule has 3 rings (SSSR count). The van der Waals surface area contributed by atoms with Gasteiger partial charge in [0, 0.05) is 11.8 Å². The summed E-state index contributed by atoms with van der Waals surface area (Å²) < 4.78 is 5.15. The van der Waals surface area contributed by atoms with E-state index in [1.54, 1.807) is 63.5 Å². The van der Waals surface area contributed by atoms with Crippen molar-refractivity contribution in [2.75, 3.05) is 42.8 Å². The van der Waals surface area contributed by atoms with Crippen LogP contribution in [0.2, 0.25) is 0 Å². The first-order valence-electron chi connectivity index (χ1n) is 9.35. The minimum atomic E-state index is -0.509. The third-order valence-electron chi connectivity index (χ3n) is 4.94. The highest BCUT2D eigenvalue weighted by Gasteiger charge is 2.33. The second-order valence-electron chi connectivity index (χ2n) is 7.01. The molecule has 1 heterocycles. The van der Waals surface area contributed by atoms with Gasteiger partial charge in [0.05, 0.1) is 25.5 Å². The van der Waals surface area contributed by atoms with Gasteiger partial charge in [-0.1, -0.05) is 18.2 Å². The second-order valence-corrected chi connectivity index (χ2v) is 7.01. The van der Waals surface area contributed by atoms with E-state index in [2.05, 4.69) is 10.6 Å². The van der Waals surface area contributed by atoms with Gasteiger partial charge in [-0.05, 0) is 31.2 Å². The van der Waals surface area contributed by atoms with Crippen molar-refractivity contribution < 1.29 is 24.0 Å². The van der Waals surface area contributed by atoms with Crippen LogP contribution >= 0.6 is 0 Å². The number of likely N-dealkylation sites (N-methyl/N-ethyl adjacent to an activating group) is 1. The maximum absolute atomic E-state index is 13.0. The standard InChI is InChI=1S/C21H24N4O4/c1-14(21(28)25-13-20(27)23-17-9-4-5-10-18(17)25)24(2)12-19(26)22-15-7-6-8-16(11-15)29-3/h4-11,14H,12-13H2,1-3H3,(H,22,26)(H,23,27)/p+1/t14-/m1/s1. The van der Waals surface area contributed by atoms with Crippen molar-refractivity contribution in [2.45, 2.75) is 13.0 Å². The molecular formula is C21H25N4O4+. The predicted molar refractivity (Wildman–Crippen MR) is 110 cm³/mol. The van der Waals surface area contributed by atoms with Crippen LogP contribution in [0, 0.1) is 0 Å². The van der Waals surface area contributed by atoms with Crippen LogP contribution in [0.25, 0.3) is 0 Å². The monoisotopic (exact) mass is 397 g/mol. The fraction of sp³-hybridized carbons (Fsp3) is 0.286. The number of hydrogen-bond acceptors (Lipinski definition) is 4. The van der Waals surface area contributed by atoms with Crippen LogP contribution in [-0.4, -0.2) is 51.0 Å². The zero-order chi connectivity index (χ0) is 21.0. The van der Waals surface area contributed by atoms with Crippen LogP contribution in [0.4, 0.5) is 17.1 Å². The van der Waals surface area contributed by atoms with E-state index < -0.39 is 6.04 Å². The van der Waals surface area contributed by atoms with Gasteiger partial charge in [0.1, 0.15) is 12.3 Å². The van der Waals surface area contributed by atoms with Crippen LogP contribution in [0.3, 0.4) is 0 Å². The van der Waals surface area contributed by atoms with Crippen molar-refractivity contribution in [3.05, 3.63) is 48.5 Å². The normalized spacial score (nSPS) is 15.0. The van der Waals surface area contributed by atoms with Gasteiger partial charge >= 0.3 is 0 Å². The first-order chi connectivity index (χ1) is 13.9. The van der Waals surface area contributed by atoms with Crippen molar-refractivity contribution in [3.8, 4) is 5.75 Å². The second kappa shape index (κ2) is 8.74. The SMILES string of the molecule is COc1cccc(NC(=O)C[NH+](C)[C@H](C)C(=O)N2CC(=O)Nc3ccccc32)c1. The highest BCUT2D eigenvalue weighted by Crippen LogP contribution is 2.29. The highest BCUT2D eigenvalue weighted by atomic mass is 16.5. The smallest absolute Gasteiger partial charge is 0.285 e. The average molecular weight is 397 g/mol. The Morgan fingerprint density at radius 3 is 2.76 bits per heavy atom. The summed E-state index contributed by atoms with van der Waals surface area (Å²) in [4.78, 5) is 39.6. The van der Waals surface area contributed by atoms with Gasteiger partial charge in [0.15, 0.2) is 12.6 Å². The first kappa shape index (κ1) is 20.3. The summed E-state index contributed by atoms with van der Waals surface area (Å²) in [5.41, 5.74) is 1.90. The molecule has 0 spiro atoms. The van der Waals surface area contributed by atoms with Crippen molar-refractivity contribution in [1.82, 2.24) is 0 Å². The summed E-state index contributed by atoms with van der Waals surface area (Å²) >= 11 is 0. The lowest BCUT2D eigenvalue weighted by atomic mass is 10.1. The maximum atomic E-state index is 13.0. The van der Waals surface area contributed by atoms with Crippen molar-refractivity contribution in [2.24, 2.45) is 0 Å². The van der Waals surface area contributed by atoms with Crippen LogP contribution in [0.5, 0.6) is 5.75 Å². The van der Waals surface area contributed by atoms with Gasteiger partial charge in [-0.2, -0.15) is 0 Å².